The lowest BCUT2D eigenvalue weighted by molar-refractivity contribution is 0.198. The van der Waals surface area contributed by atoms with E-state index in [0.29, 0.717) is 12.3 Å². The molecule has 0 saturated heterocycles. The third-order valence-corrected chi connectivity index (χ3v) is 3.50. The van der Waals surface area contributed by atoms with Crippen LogP contribution < -0.4 is 0 Å². The van der Waals surface area contributed by atoms with Crippen LogP contribution in [-0.4, -0.2) is 17.1 Å². The summed E-state index contributed by atoms with van der Waals surface area (Å²) in [5.74, 6) is 0.297. The van der Waals surface area contributed by atoms with Crippen LogP contribution in [0, 0.1) is 27.7 Å². The molecule has 0 spiro atoms. The molecular formula is C13H19ClO. The molecule has 0 saturated carbocycles. The largest absolute Gasteiger partial charge is 0.392 e. The van der Waals surface area contributed by atoms with E-state index in [2.05, 4.69) is 33.8 Å². The van der Waals surface area contributed by atoms with Crippen LogP contribution in [0.2, 0.25) is 0 Å². The zero-order valence-electron chi connectivity index (χ0n) is 9.89. The van der Waals surface area contributed by atoms with Crippen molar-refractivity contribution in [1.29, 1.82) is 0 Å². The number of aliphatic hydroxyl groups is 1. The average Bonchev–Trinajstić information content (AvgIpc) is 2.21. The lowest BCUT2D eigenvalue weighted by Gasteiger charge is -2.17. The summed E-state index contributed by atoms with van der Waals surface area (Å²) >= 11 is 5.64. The minimum absolute atomic E-state index is 0.297. The first-order chi connectivity index (χ1) is 6.97. The van der Waals surface area contributed by atoms with Gasteiger partial charge in [0.05, 0.1) is 6.10 Å². The van der Waals surface area contributed by atoms with E-state index in [-0.39, 0.29) is 0 Å². The minimum Gasteiger partial charge on any atom is -0.392 e. The van der Waals surface area contributed by atoms with E-state index in [1.165, 1.54) is 27.8 Å². The van der Waals surface area contributed by atoms with Crippen LogP contribution in [0.4, 0.5) is 0 Å². The maximum atomic E-state index is 9.61. The molecule has 1 atom stereocenters. The molecule has 1 aromatic rings. The molecule has 0 heterocycles. The van der Waals surface area contributed by atoms with Gasteiger partial charge in [0.25, 0.3) is 0 Å². The van der Waals surface area contributed by atoms with E-state index in [0.717, 1.165) is 0 Å². The Morgan fingerprint density at radius 3 is 2.00 bits per heavy atom. The molecule has 1 N–H and O–H groups in total. The Balaban J connectivity index is 3.15. The Morgan fingerprint density at radius 1 is 1.13 bits per heavy atom. The summed E-state index contributed by atoms with van der Waals surface area (Å²) in [7, 11) is 0. The van der Waals surface area contributed by atoms with Crippen molar-refractivity contribution in [3.8, 4) is 0 Å². The van der Waals surface area contributed by atoms with Gasteiger partial charge in [-0.05, 0) is 55.5 Å². The summed E-state index contributed by atoms with van der Waals surface area (Å²) in [5.41, 5.74) is 6.38. The highest BCUT2D eigenvalue weighted by Gasteiger charge is 2.12. The Bertz CT molecular complexity index is 332. The van der Waals surface area contributed by atoms with Gasteiger partial charge in [-0.1, -0.05) is 6.07 Å². The number of hydrogen-bond donors (Lipinski definition) is 1. The van der Waals surface area contributed by atoms with Crippen molar-refractivity contribution < 1.29 is 5.11 Å². The fourth-order valence-electron chi connectivity index (χ4n) is 1.89. The molecule has 1 aromatic carbocycles. The molecule has 0 aliphatic heterocycles. The number of alkyl halides is 1. The number of aryl methyl sites for hydroxylation is 2. The Hall–Kier alpha value is -0.530. The van der Waals surface area contributed by atoms with Crippen molar-refractivity contribution in [1.82, 2.24) is 0 Å². The molecule has 84 valence electrons. The second kappa shape index (κ2) is 5.00. The Kier molecular flexibility index (Phi) is 4.18. The van der Waals surface area contributed by atoms with Gasteiger partial charge in [0.1, 0.15) is 0 Å². The van der Waals surface area contributed by atoms with Crippen molar-refractivity contribution in [2.45, 2.75) is 40.2 Å². The first-order valence-corrected chi connectivity index (χ1v) is 5.81. The molecular weight excluding hydrogens is 208 g/mol. The van der Waals surface area contributed by atoms with Gasteiger partial charge in [-0.2, -0.15) is 0 Å². The third-order valence-electron chi connectivity index (χ3n) is 3.14. The van der Waals surface area contributed by atoms with Crippen LogP contribution in [0.5, 0.6) is 0 Å². The molecule has 0 bridgehead atoms. The van der Waals surface area contributed by atoms with Gasteiger partial charge >= 0.3 is 0 Å². The molecule has 1 unspecified atom stereocenters. The molecule has 1 rings (SSSR count). The number of rotatable bonds is 3. The predicted octanol–water partition coefficient (Wildman–Crippen LogP) is 3.06. The second-order valence-corrected chi connectivity index (χ2v) is 4.56. The topological polar surface area (TPSA) is 20.2 Å². The monoisotopic (exact) mass is 226 g/mol. The summed E-state index contributed by atoms with van der Waals surface area (Å²) in [6, 6.07) is 2.20. The quantitative estimate of drug-likeness (QED) is 0.786. The summed E-state index contributed by atoms with van der Waals surface area (Å²) in [6.07, 6.45) is 0.217. The van der Waals surface area contributed by atoms with E-state index in [9.17, 15) is 5.11 Å². The van der Waals surface area contributed by atoms with Crippen LogP contribution in [0.1, 0.15) is 27.8 Å². The van der Waals surface area contributed by atoms with Gasteiger partial charge in [-0.25, -0.2) is 0 Å². The lowest BCUT2D eigenvalue weighted by Crippen LogP contribution is -2.14. The highest BCUT2D eigenvalue weighted by molar-refractivity contribution is 6.18. The molecule has 1 nitrogen and oxygen atoms in total. The first-order valence-electron chi connectivity index (χ1n) is 5.27. The number of hydrogen-bond acceptors (Lipinski definition) is 1. The van der Waals surface area contributed by atoms with Gasteiger partial charge in [-0.15, -0.1) is 11.6 Å². The number of aliphatic hydroxyl groups excluding tert-OH is 1. The van der Waals surface area contributed by atoms with Gasteiger partial charge in [0.2, 0.25) is 0 Å². The highest BCUT2D eigenvalue weighted by Crippen LogP contribution is 2.23. The highest BCUT2D eigenvalue weighted by atomic mass is 35.5. The Morgan fingerprint density at radius 2 is 1.60 bits per heavy atom. The van der Waals surface area contributed by atoms with Crippen LogP contribution in [-0.2, 0) is 6.42 Å². The fourth-order valence-corrected chi connectivity index (χ4v) is 2.00. The Labute approximate surface area is 97.1 Å². The van der Waals surface area contributed by atoms with E-state index in [1.54, 1.807) is 0 Å². The average molecular weight is 227 g/mol. The molecule has 0 aliphatic carbocycles. The predicted molar refractivity (Wildman–Crippen MR) is 65.8 cm³/mol. The van der Waals surface area contributed by atoms with E-state index < -0.39 is 6.10 Å². The first kappa shape index (κ1) is 12.5. The number of halogens is 1. The van der Waals surface area contributed by atoms with Crippen molar-refractivity contribution in [2.75, 3.05) is 5.88 Å². The number of benzene rings is 1. The summed E-state index contributed by atoms with van der Waals surface area (Å²) in [6.45, 7) is 8.44. The van der Waals surface area contributed by atoms with Crippen LogP contribution in [0.15, 0.2) is 6.07 Å². The summed E-state index contributed by atoms with van der Waals surface area (Å²) in [4.78, 5) is 0. The minimum atomic E-state index is -0.440. The van der Waals surface area contributed by atoms with Gasteiger partial charge in [-0.3, -0.25) is 0 Å². The van der Waals surface area contributed by atoms with Crippen LogP contribution in [0.25, 0.3) is 0 Å². The second-order valence-electron chi connectivity index (χ2n) is 4.25. The van der Waals surface area contributed by atoms with E-state index in [1.807, 2.05) is 0 Å². The molecule has 0 aliphatic rings. The normalized spacial score (nSPS) is 12.9. The molecule has 0 fully saturated rings. The van der Waals surface area contributed by atoms with Crippen molar-refractivity contribution in [2.24, 2.45) is 0 Å². The van der Waals surface area contributed by atoms with Crippen LogP contribution in [0.3, 0.4) is 0 Å². The molecule has 0 aromatic heterocycles. The van der Waals surface area contributed by atoms with E-state index in [4.69, 9.17) is 11.6 Å². The maximum Gasteiger partial charge on any atom is 0.0715 e. The molecule has 0 radical (unpaired) electrons. The SMILES string of the molecule is Cc1cc(C)c(C)c(CC(O)CCl)c1C. The van der Waals surface area contributed by atoms with Gasteiger partial charge in [0, 0.05) is 12.3 Å². The zero-order chi connectivity index (χ0) is 11.6. The molecule has 2 heteroatoms. The maximum absolute atomic E-state index is 9.61. The third kappa shape index (κ3) is 2.73. The lowest BCUT2D eigenvalue weighted by atomic mass is 9.91. The molecule has 0 amide bonds. The van der Waals surface area contributed by atoms with Crippen LogP contribution >= 0.6 is 11.6 Å². The standard InChI is InChI=1S/C13H19ClO/c1-8-5-9(2)11(4)13(10(8)3)6-12(15)7-14/h5,12,15H,6-7H2,1-4H3. The van der Waals surface area contributed by atoms with Gasteiger partial charge in [0.15, 0.2) is 0 Å². The van der Waals surface area contributed by atoms with Crippen molar-refractivity contribution >= 4 is 11.6 Å². The summed E-state index contributed by atoms with van der Waals surface area (Å²) in [5, 5.41) is 9.61. The van der Waals surface area contributed by atoms with Crippen molar-refractivity contribution in [3.63, 3.8) is 0 Å². The summed E-state index contributed by atoms with van der Waals surface area (Å²) < 4.78 is 0. The van der Waals surface area contributed by atoms with Gasteiger partial charge < -0.3 is 5.11 Å². The fraction of sp³-hybridized carbons (Fsp3) is 0.538. The van der Waals surface area contributed by atoms with E-state index >= 15 is 0 Å². The van der Waals surface area contributed by atoms with Crippen molar-refractivity contribution in [3.05, 3.63) is 33.9 Å². The smallest absolute Gasteiger partial charge is 0.0715 e. The molecule has 15 heavy (non-hydrogen) atoms. The zero-order valence-corrected chi connectivity index (χ0v) is 10.7.